The number of aryl methyl sites for hydroxylation is 1. The lowest BCUT2D eigenvalue weighted by Crippen LogP contribution is -2.30. The highest BCUT2D eigenvalue weighted by Gasteiger charge is 2.21. The van der Waals surface area contributed by atoms with Crippen LogP contribution in [-0.4, -0.2) is 23.1 Å². The average molecular weight is 343 g/mol. The molecule has 0 saturated heterocycles. The molecule has 0 bridgehead atoms. The van der Waals surface area contributed by atoms with Crippen LogP contribution in [0, 0.1) is 6.92 Å². The van der Waals surface area contributed by atoms with E-state index in [2.05, 4.69) is 10.5 Å². The van der Waals surface area contributed by atoms with E-state index in [1.807, 2.05) is 0 Å². The smallest absolute Gasteiger partial charge is 0.340 e. The van der Waals surface area contributed by atoms with Crippen LogP contribution in [0.25, 0.3) is 0 Å². The molecule has 116 valence electrons. The van der Waals surface area contributed by atoms with Crippen molar-refractivity contribution in [3.63, 3.8) is 0 Å². The van der Waals surface area contributed by atoms with Crippen molar-refractivity contribution in [3.8, 4) is 0 Å². The molecule has 1 atom stereocenters. The second-order valence-electron chi connectivity index (χ2n) is 4.48. The van der Waals surface area contributed by atoms with Crippen LogP contribution in [0.2, 0.25) is 10.0 Å². The van der Waals surface area contributed by atoms with Gasteiger partial charge >= 0.3 is 5.97 Å². The summed E-state index contributed by atoms with van der Waals surface area (Å²) >= 11 is 11.7. The number of nitrogens with zero attached hydrogens (tertiary/aromatic N) is 1. The fraction of sp³-hybridized carbons (Fsp3) is 0.214. The van der Waals surface area contributed by atoms with Crippen LogP contribution in [-0.2, 0) is 9.53 Å². The van der Waals surface area contributed by atoms with Crippen molar-refractivity contribution < 1.29 is 18.8 Å². The van der Waals surface area contributed by atoms with Gasteiger partial charge in [0.1, 0.15) is 5.76 Å². The second-order valence-corrected chi connectivity index (χ2v) is 5.33. The molecule has 1 heterocycles. The number of hydrogen-bond acceptors (Lipinski definition) is 5. The molecule has 1 amide bonds. The Labute approximate surface area is 136 Å². The number of carbonyl (C=O) groups excluding carboxylic acids is 2. The normalized spacial score (nSPS) is 11.8. The molecule has 0 unspecified atom stereocenters. The van der Waals surface area contributed by atoms with Crippen LogP contribution in [0.4, 0.5) is 5.82 Å². The lowest BCUT2D eigenvalue weighted by atomic mass is 10.2. The first kappa shape index (κ1) is 16.3. The first-order chi connectivity index (χ1) is 10.4. The van der Waals surface area contributed by atoms with Crippen LogP contribution in [0.5, 0.6) is 0 Å². The van der Waals surface area contributed by atoms with Crippen LogP contribution in [0.3, 0.4) is 0 Å². The predicted octanol–water partition coefficient (Wildman–Crippen LogP) is 3.47. The van der Waals surface area contributed by atoms with Crippen LogP contribution in [0.1, 0.15) is 23.0 Å². The van der Waals surface area contributed by atoms with E-state index in [1.54, 1.807) is 13.0 Å². The first-order valence-corrected chi connectivity index (χ1v) is 7.02. The lowest BCUT2D eigenvalue weighted by Gasteiger charge is -2.13. The van der Waals surface area contributed by atoms with Gasteiger partial charge in [0.2, 0.25) is 0 Å². The molecular formula is C14H12Cl2N2O4. The predicted molar refractivity (Wildman–Crippen MR) is 81.2 cm³/mol. The van der Waals surface area contributed by atoms with Gasteiger partial charge in [0.05, 0.1) is 10.6 Å². The Morgan fingerprint density at radius 2 is 2.05 bits per heavy atom. The van der Waals surface area contributed by atoms with E-state index >= 15 is 0 Å². The second kappa shape index (κ2) is 6.81. The van der Waals surface area contributed by atoms with E-state index < -0.39 is 18.0 Å². The van der Waals surface area contributed by atoms with E-state index in [0.717, 1.165) is 0 Å². The topological polar surface area (TPSA) is 81.4 Å². The van der Waals surface area contributed by atoms with E-state index in [1.165, 1.54) is 25.1 Å². The monoisotopic (exact) mass is 342 g/mol. The van der Waals surface area contributed by atoms with Crippen LogP contribution in [0.15, 0.2) is 28.8 Å². The average Bonchev–Trinajstić information content (AvgIpc) is 2.83. The van der Waals surface area contributed by atoms with Gasteiger partial charge in [-0.25, -0.2) is 4.79 Å². The van der Waals surface area contributed by atoms with Gasteiger partial charge in [-0.2, -0.15) is 0 Å². The molecule has 0 radical (unpaired) electrons. The molecule has 8 heteroatoms. The van der Waals surface area contributed by atoms with E-state index in [-0.39, 0.29) is 16.4 Å². The Hall–Kier alpha value is -2.05. The maximum Gasteiger partial charge on any atom is 0.340 e. The van der Waals surface area contributed by atoms with Crippen molar-refractivity contribution in [1.29, 1.82) is 0 Å². The summed E-state index contributed by atoms with van der Waals surface area (Å²) in [6.07, 6.45) is -1.03. The molecule has 1 aromatic heterocycles. The minimum atomic E-state index is -1.03. The minimum absolute atomic E-state index is 0.128. The third kappa shape index (κ3) is 3.99. The van der Waals surface area contributed by atoms with Crippen LogP contribution >= 0.6 is 23.2 Å². The maximum absolute atomic E-state index is 12.0. The lowest BCUT2D eigenvalue weighted by molar-refractivity contribution is -0.123. The molecule has 1 aromatic carbocycles. The molecule has 0 fully saturated rings. The summed E-state index contributed by atoms with van der Waals surface area (Å²) in [5.41, 5.74) is 0.128. The van der Waals surface area contributed by atoms with Crippen molar-refractivity contribution in [3.05, 3.63) is 45.6 Å². The summed E-state index contributed by atoms with van der Waals surface area (Å²) in [6, 6.07) is 5.90. The molecule has 22 heavy (non-hydrogen) atoms. The minimum Gasteiger partial charge on any atom is -0.449 e. The number of nitrogens with one attached hydrogen (secondary N) is 1. The molecule has 2 rings (SSSR count). The molecule has 2 aromatic rings. The Morgan fingerprint density at radius 1 is 1.32 bits per heavy atom. The van der Waals surface area contributed by atoms with Gasteiger partial charge in [-0.1, -0.05) is 28.4 Å². The molecule has 0 saturated carbocycles. The number of halogens is 2. The molecule has 0 spiro atoms. The number of anilines is 1. The van der Waals surface area contributed by atoms with Gasteiger partial charge in [-0.15, -0.1) is 0 Å². The summed E-state index contributed by atoms with van der Waals surface area (Å²) in [5.74, 6) is -0.463. The number of esters is 1. The Bertz CT molecular complexity index is 715. The largest absolute Gasteiger partial charge is 0.449 e. The highest BCUT2D eigenvalue weighted by Crippen LogP contribution is 2.22. The van der Waals surface area contributed by atoms with Crippen molar-refractivity contribution in [2.24, 2.45) is 0 Å². The fourth-order valence-electron chi connectivity index (χ4n) is 1.59. The Kier molecular flexibility index (Phi) is 5.05. The third-order valence-electron chi connectivity index (χ3n) is 2.68. The molecule has 6 nitrogen and oxygen atoms in total. The van der Waals surface area contributed by atoms with Crippen molar-refractivity contribution >= 4 is 40.9 Å². The zero-order valence-electron chi connectivity index (χ0n) is 11.7. The number of amides is 1. The SMILES string of the molecule is Cc1cc(NC(=O)[C@@H](C)OC(=O)c2ccc(Cl)cc2Cl)no1. The summed E-state index contributed by atoms with van der Waals surface area (Å²) < 4.78 is 9.88. The molecule has 0 aliphatic heterocycles. The highest BCUT2D eigenvalue weighted by atomic mass is 35.5. The Morgan fingerprint density at radius 3 is 2.64 bits per heavy atom. The van der Waals surface area contributed by atoms with Gasteiger partial charge in [-0.3, -0.25) is 4.79 Å². The van der Waals surface area contributed by atoms with Gasteiger partial charge in [0, 0.05) is 11.1 Å². The summed E-state index contributed by atoms with van der Waals surface area (Å²) in [5, 5.41) is 6.63. The zero-order chi connectivity index (χ0) is 16.3. The standard InChI is InChI=1S/C14H12Cl2N2O4/c1-7-5-12(18-22-7)17-13(19)8(2)21-14(20)10-4-3-9(15)6-11(10)16/h3-6,8H,1-2H3,(H,17,18,19)/t8-/m1/s1. The van der Waals surface area contributed by atoms with Gasteiger partial charge in [0.15, 0.2) is 11.9 Å². The highest BCUT2D eigenvalue weighted by molar-refractivity contribution is 6.36. The van der Waals surface area contributed by atoms with Crippen molar-refractivity contribution in [2.75, 3.05) is 5.32 Å². The van der Waals surface area contributed by atoms with Crippen molar-refractivity contribution in [2.45, 2.75) is 20.0 Å². The number of rotatable bonds is 4. The zero-order valence-corrected chi connectivity index (χ0v) is 13.2. The van der Waals surface area contributed by atoms with Gasteiger partial charge in [0.25, 0.3) is 5.91 Å². The first-order valence-electron chi connectivity index (χ1n) is 6.27. The number of ether oxygens (including phenoxy) is 1. The number of aromatic nitrogens is 1. The van der Waals surface area contributed by atoms with E-state index in [9.17, 15) is 9.59 Å². The van der Waals surface area contributed by atoms with Crippen LogP contribution < -0.4 is 5.32 Å². The van der Waals surface area contributed by atoms with E-state index in [4.69, 9.17) is 32.5 Å². The quantitative estimate of drug-likeness (QED) is 0.860. The van der Waals surface area contributed by atoms with Gasteiger partial charge in [-0.05, 0) is 32.0 Å². The number of benzene rings is 1. The van der Waals surface area contributed by atoms with Gasteiger partial charge < -0.3 is 14.6 Å². The molecule has 0 aliphatic carbocycles. The maximum atomic E-state index is 12.0. The number of hydrogen-bond donors (Lipinski definition) is 1. The number of carbonyl (C=O) groups is 2. The molecular weight excluding hydrogens is 331 g/mol. The summed E-state index contributed by atoms with van der Waals surface area (Å²) in [6.45, 7) is 3.12. The molecule has 0 aliphatic rings. The summed E-state index contributed by atoms with van der Waals surface area (Å²) in [4.78, 5) is 23.9. The van der Waals surface area contributed by atoms with E-state index in [0.29, 0.717) is 10.8 Å². The third-order valence-corrected chi connectivity index (χ3v) is 3.23. The summed E-state index contributed by atoms with van der Waals surface area (Å²) in [7, 11) is 0. The molecule has 1 N–H and O–H groups in total. The Balaban J connectivity index is 1.99. The fourth-order valence-corrected chi connectivity index (χ4v) is 2.07. The van der Waals surface area contributed by atoms with Crippen molar-refractivity contribution in [1.82, 2.24) is 5.16 Å².